The number of ether oxygens (including phenoxy) is 1. The van der Waals surface area contributed by atoms with E-state index in [9.17, 15) is 9.59 Å². The first kappa shape index (κ1) is 19.4. The third-order valence-corrected chi connectivity index (χ3v) is 5.25. The summed E-state index contributed by atoms with van der Waals surface area (Å²) in [5.74, 6) is 0.959. The molecular weight excluding hydrogens is 408 g/mol. The summed E-state index contributed by atoms with van der Waals surface area (Å²) in [5, 5.41) is 0. The summed E-state index contributed by atoms with van der Waals surface area (Å²) in [6, 6.07) is 13.4. The summed E-state index contributed by atoms with van der Waals surface area (Å²) in [5.41, 5.74) is 2.79. The molecule has 0 aromatic heterocycles. The van der Waals surface area contributed by atoms with Gasteiger partial charge in [-0.25, -0.2) is 0 Å². The standard InChI is InChI=1S/C21H23BrN2O3/c1-23(14-16-13-17(22)7-10-19(16)27-2)21(26)12-15-5-8-18(9-6-15)24-11-3-4-20(24)25/h5-10,13H,3-4,11-12,14H2,1-2H3. The van der Waals surface area contributed by atoms with Gasteiger partial charge in [0.05, 0.1) is 13.5 Å². The zero-order chi connectivity index (χ0) is 19.4. The van der Waals surface area contributed by atoms with E-state index in [0.29, 0.717) is 19.4 Å². The first-order valence-corrected chi connectivity index (χ1v) is 9.73. The van der Waals surface area contributed by atoms with E-state index >= 15 is 0 Å². The van der Waals surface area contributed by atoms with Crippen molar-refractivity contribution in [1.29, 1.82) is 0 Å². The Bertz CT molecular complexity index is 836. The van der Waals surface area contributed by atoms with Crippen LogP contribution in [0.5, 0.6) is 5.75 Å². The molecule has 0 saturated carbocycles. The number of nitrogens with zero attached hydrogens (tertiary/aromatic N) is 2. The Balaban J connectivity index is 1.63. The van der Waals surface area contributed by atoms with E-state index in [1.807, 2.05) is 42.5 Å². The van der Waals surface area contributed by atoms with E-state index in [-0.39, 0.29) is 11.8 Å². The van der Waals surface area contributed by atoms with E-state index in [1.165, 1.54) is 0 Å². The molecule has 2 aromatic carbocycles. The van der Waals surface area contributed by atoms with Crippen LogP contribution in [0.1, 0.15) is 24.0 Å². The van der Waals surface area contributed by atoms with Gasteiger partial charge in [-0.1, -0.05) is 28.1 Å². The van der Waals surface area contributed by atoms with Crippen LogP contribution in [-0.4, -0.2) is 37.4 Å². The summed E-state index contributed by atoms with van der Waals surface area (Å²) in [6.45, 7) is 1.25. The topological polar surface area (TPSA) is 49.9 Å². The summed E-state index contributed by atoms with van der Waals surface area (Å²) < 4.78 is 6.33. The molecule has 1 heterocycles. The lowest BCUT2D eigenvalue weighted by atomic mass is 10.1. The number of hydrogen-bond donors (Lipinski definition) is 0. The van der Waals surface area contributed by atoms with Gasteiger partial charge in [0, 0.05) is 42.3 Å². The van der Waals surface area contributed by atoms with Crippen LogP contribution in [0.3, 0.4) is 0 Å². The fourth-order valence-electron chi connectivity index (χ4n) is 3.24. The molecule has 0 bridgehead atoms. The van der Waals surface area contributed by atoms with Crippen molar-refractivity contribution in [2.24, 2.45) is 0 Å². The minimum absolute atomic E-state index is 0.0297. The highest BCUT2D eigenvalue weighted by Gasteiger charge is 2.21. The van der Waals surface area contributed by atoms with Gasteiger partial charge in [0.25, 0.3) is 0 Å². The van der Waals surface area contributed by atoms with Gasteiger partial charge >= 0.3 is 0 Å². The van der Waals surface area contributed by atoms with Crippen LogP contribution >= 0.6 is 15.9 Å². The van der Waals surface area contributed by atoms with E-state index in [4.69, 9.17) is 4.74 Å². The highest BCUT2D eigenvalue weighted by Crippen LogP contribution is 2.25. The van der Waals surface area contributed by atoms with Crippen LogP contribution in [0.25, 0.3) is 0 Å². The number of rotatable bonds is 6. The van der Waals surface area contributed by atoms with E-state index < -0.39 is 0 Å². The second kappa shape index (κ2) is 8.57. The molecular formula is C21H23BrN2O3. The molecule has 2 amide bonds. The fourth-order valence-corrected chi connectivity index (χ4v) is 3.65. The molecule has 0 N–H and O–H groups in total. The van der Waals surface area contributed by atoms with Crippen molar-refractivity contribution in [3.05, 3.63) is 58.1 Å². The number of benzene rings is 2. The van der Waals surface area contributed by atoms with Crippen molar-refractivity contribution in [3.8, 4) is 5.75 Å². The molecule has 0 unspecified atom stereocenters. The number of halogens is 1. The van der Waals surface area contributed by atoms with Crippen LogP contribution in [0.2, 0.25) is 0 Å². The van der Waals surface area contributed by atoms with Crippen molar-refractivity contribution in [1.82, 2.24) is 4.90 Å². The number of methoxy groups -OCH3 is 1. The van der Waals surface area contributed by atoms with Crippen LogP contribution in [0.4, 0.5) is 5.69 Å². The van der Waals surface area contributed by atoms with Gasteiger partial charge in [0.15, 0.2) is 0 Å². The minimum Gasteiger partial charge on any atom is -0.496 e. The van der Waals surface area contributed by atoms with Gasteiger partial charge in [-0.2, -0.15) is 0 Å². The lowest BCUT2D eigenvalue weighted by Crippen LogP contribution is -2.28. The van der Waals surface area contributed by atoms with Gasteiger partial charge in [0.1, 0.15) is 5.75 Å². The SMILES string of the molecule is COc1ccc(Br)cc1CN(C)C(=O)Cc1ccc(N2CCCC2=O)cc1. The molecule has 0 radical (unpaired) electrons. The van der Waals surface area contributed by atoms with Crippen LogP contribution in [0, 0.1) is 0 Å². The molecule has 6 heteroatoms. The number of hydrogen-bond acceptors (Lipinski definition) is 3. The molecule has 5 nitrogen and oxygen atoms in total. The second-order valence-electron chi connectivity index (χ2n) is 6.70. The first-order chi connectivity index (χ1) is 13.0. The Morgan fingerprint density at radius 2 is 1.96 bits per heavy atom. The van der Waals surface area contributed by atoms with Crippen molar-refractivity contribution in [2.45, 2.75) is 25.8 Å². The molecule has 142 valence electrons. The minimum atomic E-state index is 0.0297. The predicted octanol–water partition coefficient (Wildman–Crippen LogP) is 3.79. The summed E-state index contributed by atoms with van der Waals surface area (Å²) in [6.07, 6.45) is 1.84. The van der Waals surface area contributed by atoms with Crippen molar-refractivity contribution in [3.63, 3.8) is 0 Å². The maximum absolute atomic E-state index is 12.6. The smallest absolute Gasteiger partial charge is 0.227 e. The molecule has 1 fully saturated rings. The molecule has 2 aromatic rings. The highest BCUT2D eigenvalue weighted by molar-refractivity contribution is 9.10. The van der Waals surface area contributed by atoms with Gasteiger partial charge in [-0.15, -0.1) is 0 Å². The molecule has 3 rings (SSSR count). The number of carbonyl (C=O) groups excluding carboxylic acids is 2. The number of carbonyl (C=O) groups is 2. The first-order valence-electron chi connectivity index (χ1n) is 8.93. The van der Waals surface area contributed by atoms with Crippen molar-refractivity contribution < 1.29 is 14.3 Å². The summed E-state index contributed by atoms with van der Waals surface area (Å²) in [4.78, 5) is 27.9. The van der Waals surface area contributed by atoms with E-state index in [1.54, 1.807) is 24.0 Å². The lowest BCUT2D eigenvalue weighted by Gasteiger charge is -2.20. The molecule has 1 saturated heterocycles. The Hall–Kier alpha value is -2.34. The average Bonchev–Trinajstić information content (AvgIpc) is 3.08. The van der Waals surface area contributed by atoms with Crippen LogP contribution in [-0.2, 0) is 22.6 Å². The molecule has 1 aliphatic heterocycles. The van der Waals surface area contributed by atoms with E-state index in [2.05, 4.69) is 15.9 Å². The maximum atomic E-state index is 12.6. The van der Waals surface area contributed by atoms with Gasteiger partial charge in [-0.3, -0.25) is 9.59 Å². The molecule has 27 heavy (non-hydrogen) atoms. The third-order valence-electron chi connectivity index (χ3n) is 4.75. The summed E-state index contributed by atoms with van der Waals surface area (Å²) >= 11 is 3.46. The van der Waals surface area contributed by atoms with E-state index in [0.717, 1.165) is 40.0 Å². The monoisotopic (exact) mass is 430 g/mol. The summed E-state index contributed by atoms with van der Waals surface area (Å²) in [7, 11) is 3.42. The van der Waals surface area contributed by atoms with Crippen LogP contribution < -0.4 is 9.64 Å². The zero-order valence-corrected chi connectivity index (χ0v) is 17.2. The van der Waals surface area contributed by atoms with Crippen LogP contribution in [0.15, 0.2) is 46.9 Å². The predicted molar refractivity (Wildman–Crippen MR) is 109 cm³/mol. The highest BCUT2D eigenvalue weighted by atomic mass is 79.9. The second-order valence-corrected chi connectivity index (χ2v) is 7.61. The van der Waals surface area contributed by atoms with Gasteiger partial charge < -0.3 is 14.5 Å². The maximum Gasteiger partial charge on any atom is 0.227 e. The quantitative estimate of drug-likeness (QED) is 0.700. The molecule has 0 aliphatic carbocycles. The Labute approximate surface area is 168 Å². The largest absolute Gasteiger partial charge is 0.496 e. The normalized spacial score (nSPS) is 13.7. The molecule has 1 aliphatic rings. The number of likely N-dealkylation sites (N-methyl/N-ethyl adjacent to an activating group) is 1. The van der Waals surface area contributed by atoms with Crippen molar-refractivity contribution >= 4 is 33.4 Å². The van der Waals surface area contributed by atoms with Gasteiger partial charge in [0.2, 0.25) is 11.8 Å². The van der Waals surface area contributed by atoms with Crippen molar-refractivity contribution in [2.75, 3.05) is 25.6 Å². The molecule has 0 spiro atoms. The third kappa shape index (κ3) is 4.69. The van der Waals surface area contributed by atoms with Gasteiger partial charge in [-0.05, 0) is 42.3 Å². The Morgan fingerprint density at radius 3 is 2.59 bits per heavy atom. The Morgan fingerprint density at radius 1 is 1.22 bits per heavy atom. The number of amides is 2. The zero-order valence-electron chi connectivity index (χ0n) is 15.6. The molecule has 0 atom stereocenters. The number of anilines is 1. The average molecular weight is 431 g/mol. The fraction of sp³-hybridized carbons (Fsp3) is 0.333. The Kier molecular flexibility index (Phi) is 6.16. The lowest BCUT2D eigenvalue weighted by molar-refractivity contribution is -0.129.